The van der Waals surface area contributed by atoms with E-state index in [0.29, 0.717) is 35.4 Å². The first-order valence-electron chi connectivity index (χ1n) is 9.63. The van der Waals surface area contributed by atoms with Gasteiger partial charge in [0.15, 0.2) is 12.0 Å². The van der Waals surface area contributed by atoms with E-state index in [4.69, 9.17) is 4.42 Å². The van der Waals surface area contributed by atoms with Crippen LogP contribution in [0.1, 0.15) is 47.4 Å². The molecule has 0 N–H and O–H groups in total. The van der Waals surface area contributed by atoms with Gasteiger partial charge in [0.25, 0.3) is 18.1 Å². The zero-order chi connectivity index (χ0) is 20.8. The average molecular weight is 412 g/mol. The third kappa shape index (κ3) is 2.99. The minimum absolute atomic E-state index is 0.130. The number of aromatic nitrogens is 5. The SMILES string of the molecule is C[C@@H]1CCN(C(=O)c2cccc3ncoc23)C[C@H]1c1cc(C(F)F)nc2ncnn12. The van der Waals surface area contributed by atoms with Gasteiger partial charge in [0.2, 0.25) is 0 Å². The van der Waals surface area contributed by atoms with Crippen molar-refractivity contribution >= 4 is 22.8 Å². The van der Waals surface area contributed by atoms with E-state index in [9.17, 15) is 13.6 Å². The Morgan fingerprint density at radius 1 is 1.30 bits per heavy atom. The molecule has 4 aromatic rings. The van der Waals surface area contributed by atoms with Gasteiger partial charge in [0.1, 0.15) is 17.5 Å². The first kappa shape index (κ1) is 18.6. The number of fused-ring (bicyclic) bond motifs is 2. The molecule has 0 aliphatic carbocycles. The van der Waals surface area contributed by atoms with Crippen molar-refractivity contribution in [1.29, 1.82) is 0 Å². The van der Waals surface area contributed by atoms with Gasteiger partial charge in [-0.25, -0.2) is 23.3 Å². The van der Waals surface area contributed by atoms with E-state index in [1.807, 2.05) is 0 Å². The lowest BCUT2D eigenvalue weighted by Gasteiger charge is -2.37. The predicted octanol–water partition coefficient (Wildman–Crippen LogP) is 3.47. The van der Waals surface area contributed by atoms with Crippen LogP contribution in [-0.2, 0) is 0 Å². The molecule has 1 fully saturated rings. The first-order chi connectivity index (χ1) is 14.5. The first-order valence-corrected chi connectivity index (χ1v) is 9.63. The molecule has 8 nitrogen and oxygen atoms in total. The summed E-state index contributed by atoms with van der Waals surface area (Å²) in [5.41, 5.74) is 1.73. The lowest BCUT2D eigenvalue weighted by molar-refractivity contribution is 0.0666. The lowest BCUT2D eigenvalue weighted by Crippen LogP contribution is -2.42. The van der Waals surface area contributed by atoms with Gasteiger partial charge in [-0.1, -0.05) is 13.0 Å². The van der Waals surface area contributed by atoms with Gasteiger partial charge in [0.05, 0.1) is 11.3 Å². The number of hydrogen-bond donors (Lipinski definition) is 0. The zero-order valence-corrected chi connectivity index (χ0v) is 16.1. The number of piperidine rings is 1. The molecule has 1 aliphatic heterocycles. The maximum absolute atomic E-state index is 13.4. The Morgan fingerprint density at radius 3 is 3.00 bits per heavy atom. The van der Waals surface area contributed by atoms with Gasteiger partial charge in [-0.2, -0.15) is 10.1 Å². The van der Waals surface area contributed by atoms with Crippen LogP contribution < -0.4 is 0 Å². The molecule has 10 heteroatoms. The van der Waals surface area contributed by atoms with Crippen LogP contribution in [0.15, 0.2) is 41.4 Å². The molecule has 0 spiro atoms. The van der Waals surface area contributed by atoms with Crippen molar-refractivity contribution < 1.29 is 18.0 Å². The standard InChI is InChI=1S/C20H18F2N6O2/c1-11-5-6-27(19(29)12-3-2-4-14-17(12)30-10-24-14)8-13(11)16-7-15(18(21)22)26-20-23-9-25-28(16)20/h2-4,7,9-11,13,18H,5-6,8H2,1H3/t11-,13-/m1/s1. The number of likely N-dealkylation sites (tertiary alicyclic amines) is 1. The Labute approximate surface area is 169 Å². The van der Waals surface area contributed by atoms with Gasteiger partial charge < -0.3 is 9.32 Å². The van der Waals surface area contributed by atoms with E-state index in [1.54, 1.807) is 23.1 Å². The second-order valence-electron chi connectivity index (χ2n) is 7.51. The summed E-state index contributed by atoms with van der Waals surface area (Å²) in [5, 5.41) is 4.16. The second kappa shape index (κ2) is 7.12. The quantitative estimate of drug-likeness (QED) is 0.512. The van der Waals surface area contributed by atoms with Crippen LogP contribution in [0, 0.1) is 5.92 Å². The summed E-state index contributed by atoms with van der Waals surface area (Å²) < 4.78 is 33.7. The summed E-state index contributed by atoms with van der Waals surface area (Å²) in [6, 6.07) is 6.62. The molecule has 0 unspecified atom stereocenters. The molecule has 1 amide bonds. The lowest BCUT2D eigenvalue weighted by atomic mass is 9.84. The maximum Gasteiger partial charge on any atom is 0.280 e. The molecule has 0 bridgehead atoms. The third-order valence-electron chi connectivity index (χ3n) is 5.74. The van der Waals surface area contributed by atoms with E-state index in [-0.39, 0.29) is 29.2 Å². The molecule has 4 heterocycles. The minimum atomic E-state index is -2.72. The van der Waals surface area contributed by atoms with E-state index in [1.165, 1.54) is 23.3 Å². The van der Waals surface area contributed by atoms with Gasteiger partial charge in [-0.15, -0.1) is 0 Å². The number of carbonyl (C=O) groups is 1. The van der Waals surface area contributed by atoms with Crippen molar-refractivity contribution in [3.05, 3.63) is 53.9 Å². The number of hydrogen-bond acceptors (Lipinski definition) is 6. The van der Waals surface area contributed by atoms with Crippen LogP contribution in [0.5, 0.6) is 0 Å². The van der Waals surface area contributed by atoms with E-state index < -0.39 is 6.43 Å². The summed E-state index contributed by atoms with van der Waals surface area (Å²) in [6.45, 7) is 2.98. The molecular formula is C20H18F2N6O2. The Bertz CT molecular complexity index is 1240. The molecular weight excluding hydrogens is 394 g/mol. The number of rotatable bonds is 3. The van der Waals surface area contributed by atoms with Crippen LogP contribution in [0.2, 0.25) is 0 Å². The molecule has 0 saturated carbocycles. The molecule has 3 aromatic heterocycles. The number of halogens is 2. The largest absolute Gasteiger partial charge is 0.443 e. The van der Waals surface area contributed by atoms with Gasteiger partial charge in [0, 0.05) is 19.0 Å². The number of para-hydroxylation sites is 1. The average Bonchev–Trinajstić information content (AvgIpc) is 3.42. The van der Waals surface area contributed by atoms with Crippen LogP contribution in [0.3, 0.4) is 0 Å². The summed E-state index contributed by atoms with van der Waals surface area (Å²) >= 11 is 0. The molecule has 0 radical (unpaired) electrons. The Morgan fingerprint density at radius 2 is 2.17 bits per heavy atom. The normalized spacial score (nSPS) is 19.8. The summed E-state index contributed by atoms with van der Waals surface area (Å²) in [5.74, 6) is -0.0751. The number of oxazole rings is 1. The van der Waals surface area contributed by atoms with Crippen LogP contribution in [-0.4, -0.2) is 48.5 Å². The molecule has 1 saturated heterocycles. The maximum atomic E-state index is 13.4. The van der Waals surface area contributed by atoms with Crippen molar-refractivity contribution in [3.8, 4) is 0 Å². The highest BCUT2D eigenvalue weighted by atomic mass is 19.3. The number of alkyl halides is 2. The Kier molecular flexibility index (Phi) is 4.41. The van der Waals surface area contributed by atoms with Crippen molar-refractivity contribution in [2.24, 2.45) is 5.92 Å². The number of carbonyl (C=O) groups excluding carboxylic acids is 1. The fourth-order valence-electron chi connectivity index (χ4n) is 4.09. The molecule has 1 aromatic carbocycles. The molecule has 154 valence electrons. The predicted molar refractivity (Wildman–Crippen MR) is 102 cm³/mol. The monoisotopic (exact) mass is 412 g/mol. The summed E-state index contributed by atoms with van der Waals surface area (Å²) in [6.07, 6.45) is 0.617. The van der Waals surface area contributed by atoms with E-state index >= 15 is 0 Å². The highest BCUT2D eigenvalue weighted by Crippen LogP contribution is 2.34. The zero-order valence-electron chi connectivity index (χ0n) is 16.1. The highest BCUT2D eigenvalue weighted by Gasteiger charge is 2.34. The van der Waals surface area contributed by atoms with Crippen molar-refractivity contribution in [2.45, 2.75) is 25.7 Å². The van der Waals surface area contributed by atoms with E-state index in [2.05, 4.69) is 27.0 Å². The van der Waals surface area contributed by atoms with Crippen molar-refractivity contribution in [2.75, 3.05) is 13.1 Å². The Hall–Kier alpha value is -3.43. The van der Waals surface area contributed by atoms with Crippen molar-refractivity contribution in [3.63, 3.8) is 0 Å². The third-order valence-corrected chi connectivity index (χ3v) is 5.74. The van der Waals surface area contributed by atoms with Crippen LogP contribution in [0.4, 0.5) is 8.78 Å². The molecule has 1 aliphatic rings. The molecule has 5 rings (SSSR count). The van der Waals surface area contributed by atoms with E-state index in [0.717, 1.165) is 6.42 Å². The fraction of sp³-hybridized carbons (Fsp3) is 0.350. The molecule has 30 heavy (non-hydrogen) atoms. The minimum Gasteiger partial charge on any atom is -0.443 e. The summed E-state index contributed by atoms with van der Waals surface area (Å²) in [7, 11) is 0. The Balaban J connectivity index is 1.52. The number of nitrogens with zero attached hydrogens (tertiary/aromatic N) is 6. The van der Waals surface area contributed by atoms with Crippen molar-refractivity contribution in [1.82, 2.24) is 29.5 Å². The number of benzene rings is 1. The van der Waals surface area contributed by atoms with Gasteiger partial charge in [-0.3, -0.25) is 4.79 Å². The highest BCUT2D eigenvalue weighted by molar-refractivity contribution is 6.04. The fourth-order valence-corrected chi connectivity index (χ4v) is 4.09. The van der Waals surface area contributed by atoms with Crippen LogP contribution in [0.25, 0.3) is 16.9 Å². The number of amides is 1. The molecule has 2 atom stereocenters. The topological polar surface area (TPSA) is 89.4 Å². The van der Waals surface area contributed by atoms with Gasteiger partial charge >= 0.3 is 0 Å². The second-order valence-corrected chi connectivity index (χ2v) is 7.51. The van der Waals surface area contributed by atoms with Gasteiger partial charge in [-0.05, 0) is 30.5 Å². The summed E-state index contributed by atoms with van der Waals surface area (Å²) in [4.78, 5) is 27.0. The van der Waals surface area contributed by atoms with Crippen LogP contribution >= 0.6 is 0 Å². The smallest absolute Gasteiger partial charge is 0.280 e.